The van der Waals surface area contributed by atoms with Crippen LogP contribution < -0.4 is 0 Å². The zero-order chi connectivity index (χ0) is 9.97. The first-order valence-electron chi connectivity index (χ1n) is 5.75. The Morgan fingerprint density at radius 3 is 2.43 bits per heavy atom. The highest BCUT2D eigenvalue weighted by molar-refractivity contribution is 5.92. The molecular weight excluding hydrogens is 174 g/mol. The molecule has 1 aliphatic heterocycles. The first kappa shape index (κ1) is 9.75. The number of hydrogen-bond acceptors (Lipinski definition) is 1. The van der Waals surface area contributed by atoms with E-state index in [4.69, 9.17) is 0 Å². The van der Waals surface area contributed by atoms with E-state index in [0.717, 1.165) is 18.7 Å². The van der Waals surface area contributed by atoms with Crippen molar-refractivity contribution in [3.63, 3.8) is 0 Å². The van der Waals surface area contributed by atoms with E-state index in [1.807, 2.05) is 11.8 Å². The van der Waals surface area contributed by atoms with Crippen LogP contribution in [0.1, 0.15) is 39.0 Å². The van der Waals surface area contributed by atoms with Gasteiger partial charge in [0.2, 0.25) is 5.91 Å². The molecule has 1 saturated heterocycles. The molecule has 0 unspecified atom stereocenters. The Morgan fingerprint density at radius 2 is 1.86 bits per heavy atom. The fourth-order valence-corrected chi connectivity index (χ4v) is 2.03. The zero-order valence-corrected chi connectivity index (χ0v) is 8.96. The van der Waals surface area contributed by atoms with Gasteiger partial charge in [0.05, 0.1) is 0 Å². The highest BCUT2D eigenvalue weighted by Crippen LogP contribution is 2.31. The van der Waals surface area contributed by atoms with Crippen molar-refractivity contribution in [2.75, 3.05) is 13.1 Å². The lowest BCUT2D eigenvalue weighted by atomic mass is 10.1. The lowest BCUT2D eigenvalue weighted by Gasteiger charge is -2.27. The van der Waals surface area contributed by atoms with Crippen LogP contribution in [0.2, 0.25) is 0 Å². The summed E-state index contributed by atoms with van der Waals surface area (Å²) in [4.78, 5) is 13.9. The number of amides is 1. The first-order chi connectivity index (χ1) is 6.77. The summed E-state index contributed by atoms with van der Waals surface area (Å²) < 4.78 is 0. The third kappa shape index (κ3) is 2.37. The number of piperidine rings is 1. The molecule has 0 radical (unpaired) electrons. The number of hydrogen-bond donors (Lipinski definition) is 0. The molecule has 0 N–H and O–H groups in total. The van der Waals surface area contributed by atoms with E-state index in [0.29, 0.717) is 5.92 Å². The van der Waals surface area contributed by atoms with Crippen molar-refractivity contribution in [2.45, 2.75) is 39.0 Å². The SMILES string of the molecule is CC(=CC1CC1)C(=O)N1CCCCC1. The topological polar surface area (TPSA) is 20.3 Å². The van der Waals surface area contributed by atoms with Crippen molar-refractivity contribution < 1.29 is 4.79 Å². The summed E-state index contributed by atoms with van der Waals surface area (Å²) in [6.07, 6.45) is 8.38. The highest BCUT2D eigenvalue weighted by atomic mass is 16.2. The maximum atomic E-state index is 11.9. The molecule has 2 aliphatic rings. The fourth-order valence-electron chi connectivity index (χ4n) is 2.03. The van der Waals surface area contributed by atoms with Crippen LogP contribution in [0, 0.1) is 5.92 Å². The van der Waals surface area contributed by atoms with Crippen molar-refractivity contribution in [2.24, 2.45) is 5.92 Å². The summed E-state index contributed by atoms with van der Waals surface area (Å²) in [5, 5.41) is 0. The van der Waals surface area contributed by atoms with Crippen LogP contribution in [-0.2, 0) is 4.79 Å². The van der Waals surface area contributed by atoms with Gasteiger partial charge >= 0.3 is 0 Å². The summed E-state index contributed by atoms with van der Waals surface area (Å²) in [6, 6.07) is 0. The van der Waals surface area contributed by atoms with Gasteiger partial charge in [0.15, 0.2) is 0 Å². The summed E-state index contributed by atoms with van der Waals surface area (Å²) in [5.74, 6) is 0.986. The van der Waals surface area contributed by atoms with Crippen molar-refractivity contribution in [1.82, 2.24) is 4.90 Å². The van der Waals surface area contributed by atoms with Crippen LogP contribution in [0.15, 0.2) is 11.6 Å². The molecule has 2 fully saturated rings. The number of rotatable bonds is 2. The zero-order valence-electron chi connectivity index (χ0n) is 8.96. The highest BCUT2D eigenvalue weighted by Gasteiger charge is 2.22. The van der Waals surface area contributed by atoms with Crippen molar-refractivity contribution >= 4 is 5.91 Å². The van der Waals surface area contributed by atoms with Crippen molar-refractivity contribution in [3.8, 4) is 0 Å². The van der Waals surface area contributed by atoms with E-state index in [1.165, 1.54) is 32.1 Å². The van der Waals surface area contributed by atoms with Gasteiger partial charge in [0, 0.05) is 18.7 Å². The van der Waals surface area contributed by atoms with E-state index in [2.05, 4.69) is 6.08 Å². The van der Waals surface area contributed by atoms with Crippen molar-refractivity contribution in [3.05, 3.63) is 11.6 Å². The number of likely N-dealkylation sites (tertiary alicyclic amines) is 1. The molecule has 1 aliphatic carbocycles. The Bertz CT molecular complexity index is 247. The minimum Gasteiger partial charge on any atom is -0.339 e. The third-order valence-electron chi connectivity index (χ3n) is 3.09. The monoisotopic (exact) mass is 193 g/mol. The molecule has 1 saturated carbocycles. The molecular formula is C12H19NO. The maximum Gasteiger partial charge on any atom is 0.249 e. The molecule has 1 heterocycles. The normalized spacial score (nSPS) is 23.8. The van der Waals surface area contributed by atoms with Crippen LogP contribution in [0.4, 0.5) is 0 Å². The average Bonchev–Trinajstić information content (AvgIpc) is 3.02. The molecule has 2 heteroatoms. The van der Waals surface area contributed by atoms with Gasteiger partial charge in [0.25, 0.3) is 0 Å². The minimum atomic E-state index is 0.275. The predicted molar refractivity (Wildman–Crippen MR) is 56.9 cm³/mol. The van der Waals surface area contributed by atoms with Gasteiger partial charge in [-0.15, -0.1) is 0 Å². The van der Waals surface area contributed by atoms with E-state index < -0.39 is 0 Å². The smallest absolute Gasteiger partial charge is 0.249 e. The van der Waals surface area contributed by atoms with Crippen LogP contribution >= 0.6 is 0 Å². The Morgan fingerprint density at radius 1 is 1.21 bits per heavy atom. The van der Waals surface area contributed by atoms with Crippen LogP contribution in [0.5, 0.6) is 0 Å². The summed E-state index contributed by atoms with van der Waals surface area (Å²) in [5.41, 5.74) is 0.967. The molecule has 2 nitrogen and oxygen atoms in total. The molecule has 0 aromatic carbocycles. The van der Waals surface area contributed by atoms with E-state index in [-0.39, 0.29) is 5.91 Å². The van der Waals surface area contributed by atoms with Gasteiger partial charge in [-0.1, -0.05) is 6.08 Å². The quantitative estimate of drug-likeness (QED) is 0.616. The molecule has 0 atom stereocenters. The van der Waals surface area contributed by atoms with Crippen molar-refractivity contribution in [1.29, 1.82) is 0 Å². The molecule has 0 bridgehead atoms. The Labute approximate surface area is 86.0 Å². The van der Waals surface area contributed by atoms with E-state index >= 15 is 0 Å². The molecule has 0 aromatic rings. The van der Waals surface area contributed by atoms with Gasteiger partial charge in [-0.2, -0.15) is 0 Å². The van der Waals surface area contributed by atoms with Gasteiger partial charge in [0.1, 0.15) is 0 Å². The second kappa shape index (κ2) is 4.16. The fraction of sp³-hybridized carbons (Fsp3) is 0.750. The number of allylic oxidation sites excluding steroid dienone is 1. The number of nitrogens with zero attached hydrogens (tertiary/aromatic N) is 1. The number of carbonyl (C=O) groups is 1. The number of carbonyl (C=O) groups excluding carboxylic acids is 1. The summed E-state index contributed by atoms with van der Waals surface area (Å²) in [7, 11) is 0. The largest absolute Gasteiger partial charge is 0.339 e. The van der Waals surface area contributed by atoms with E-state index in [9.17, 15) is 4.79 Å². The molecule has 2 rings (SSSR count). The van der Waals surface area contributed by atoms with E-state index in [1.54, 1.807) is 0 Å². The average molecular weight is 193 g/mol. The van der Waals surface area contributed by atoms with Gasteiger partial charge < -0.3 is 4.90 Å². The van der Waals surface area contributed by atoms with Gasteiger partial charge in [-0.3, -0.25) is 4.79 Å². The second-order valence-electron chi connectivity index (χ2n) is 4.54. The summed E-state index contributed by atoms with van der Waals surface area (Å²) in [6.45, 7) is 3.90. The second-order valence-corrected chi connectivity index (χ2v) is 4.54. The van der Waals surface area contributed by atoms with Crippen LogP contribution in [0.25, 0.3) is 0 Å². The van der Waals surface area contributed by atoms with Crippen LogP contribution in [-0.4, -0.2) is 23.9 Å². The Kier molecular flexibility index (Phi) is 2.90. The molecule has 0 aromatic heterocycles. The standard InChI is InChI=1S/C12H19NO/c1-10(9-11-5-6-11)12(14)13-7-3-2-4-8-13/h9,11H,2-8H2,1H3. The maximum absolute atomic E-state index is 11.9. The molecule has 1 amide bonds. The third-order valence-corrected chi connectivity index (χ3v) is 3.09. The Hall–Kier alpha value is -0.790. The predicted octanol–water partition coefficient (Wildman–Crippen LogP) is 2.36. The first-order valence-corrected chi connectivity index (χ1v) is 5.75. The minimum absolute atomic E-state index is 0.275. The lowest BCUT2D eigenvalue weighted by molar-refractivity contribution is -0.127. The summed E-state index contributed by atoms with van der Waals surface area (Å²) >= 11 is 0. The van der Waals surface area contributed by atoms with Gasteiger partial charge in [-0.25, -0.2) is 0 Å². The van der Waals surface area contributed by atoms with Crippen LogP contribution in [0.3, 0.4) is 0 Å². The molecule has 78 valence electrons. The van der Waals surface area contributed by atoms with Gasteiger partial charge in [-0.05, 0) is 44.9 Å². The molecule has 0 spiro atoms. The Balaban J connectivity index is 1.91. The molecule has 14 heavy (non-hydrogen) atoms. The lowest BCUT2D eigenvalue weighted by Crippen LogP contribution is -2.36.